The zero-order valence-electron chi connectivity index (χ0n) is 9.73. The molecule has 2 atom stereocenters. The highest BCUT2D eigenvalue weighted by molar-refractivity contribution is 7.84. The van der Waals surface area contributed by atoms with Crippen molar-refractivity contribution in [1.82, 2.24) is 4.98 Å². The van der Waals surface area contributed by atoms with E-state index in [2.05, 4.69) is 4.98 Å². The molecular weight excluding hydrogens is 272 g/mol. The third kappa shape index (κ3) is 3.35. The number of rotatable bonds is 3. The quantitative estimate of drug-likeness (QED) is 0.642. The molecule has 0 spiro atoms. The molecule has 0 aliphatic rings. The number of hydrogen-bond acceptors (Lipinski definition) is 3. The van der Waals surface area contributed by atoms with E-state index in [0.717, 1.165) is 10.5 Å². The Hall–Kier alpha value is -1.30. The molecule has 6 heteroatoms. The van der Waals surface area contributed by atoms with E-state index in [0.29, 0.717) is 0 Å². The number of aliphatic hydroxyl groups excluding tert-OH is 1. The topological polar surface area (TPSA) is 54.1 Å². The molecule has 1 N–H and O–H groups in total. The fourth-order valence-electron chi connectivity index (χ4n) is 1.49. The molecule has 96 valence electrons. The van der Waals surface area contributed by atoms with E-state index < -0.39 is 17.0 Å². The van der Waals surface area contributed by atoms with Crippen molar-refractivity contribution in [3.05, 3.63) is 54.6 Å². The first-order valence-electron chi connectivity index (χ1n) is 5.10. The number of aliphatic hydroxyl groups is 1. The van der Waals surface area contributed by atoms with Crippen LogP contribution in [0.5, 0.6) is 0 Å². The van der Waals surface area contributed by atoms with Crippen LogP contribution < -0.4 is 17.0 Å². The molecule has 0 aliphatic carbocycles. The summed E-state index contributed by atoms with van der Waals surface area (Å²) in [5.41, 5.74) is 0.760. The molecular formula is C12H13ClN2O2S. The summed E-state index contributed by atoms with van der Waals surface area (Å²) < 4.78 is 12.9. The van der Waals surface area contributed by atoms with Gasteiger partial charge in [0.05, 0.1) is 21.3 Å². The Morgan fingerprint density at radius 3 is 2.28 bits per heavy atom. The van der Waals surface area contributed by atoms with Crippen molar-refractivity contribution < 1.29 is 26.3 Å². The third-order valence-corrected chi connectivity index (χ3v) is 3.38. The molecule has 2 aromatic rings. The van der Waals surface area contributed by atoms with E-state index in [1.54, 1.807) is 59.9 Å². The highest BCUT2D eigenvalue weighted by atomic mass is 35.5. The molecule has 0 radical (unpaired) electrons. The van der Waals surface area contributed by atoms with Gasteiger partial charge in [0.15, 0.2) is 12.4 Å². The van der Waals surface area contributed by atoms with Crippen LogP contribution in [-0.2, 0) is 10.8 Å². The molecule has 0 fully saturated rings. The Balaban J connectivity index is 0.00000162. The maximum absolute atomic E-state index is 11.2. The first kappa shape index (κ1) is 14.8. The fraction of sp³-hybridized carbons (Fsp3) is 0.167. The van der Waals surface area contributed by atoms with Gasteiger partial charge in [0.2, 0.25) is 0 Å². The molecule has 2 heterocycles. The lowest BCUT2D eigenvalue weighted by Gasteiger charge is -2.05. The van der Waals surface area contributed by atoms with E-state index in [9.17, 15) is 9.32 Å². The van der Waals surface area contributed by atoms with Crippen molar-refractivity contribution in [2.45, 2.75) is 11.1 Å². The van der Waals surface area contributed by atoms with E-state index in [4.69, 9.17) is 0 Å². The van der Waals surface area contributed by atoms with Crippen LogP contribution in [0.3, 0.4) is 0 Å². The van der Waals surface area contributed by atoms with Gasteiger partial charge in [-0.25, -0.2) is 0 Å². The van der Waals surface area contributed by atoms with Crippen LogP contribution in [0.1, 0.15) is 11.8 Å². The Morgan fingerprint density at radius 1 is 1.22 bits per heavy atom. The van der Waals surface area contributed by atoms with Crippen LogP contribution in [0, 0.1) is 0 Å². The van der Waals surface area contributed by atoms with E-state index in [1.165, 1.54) is 0 Å². The Labute approximate surface area is 114 Å². The SMILES string of the molecule is CS(=O)c1cc[n+](C(O)c2ccncc2)cc1.[Cl-]. The van der Waals surface area contributed by atoms with Gasteiger partial charge in [-0.2, -0.15) is 4.57 Å². The highest BCUT2D eigenvalue weighted by Gasteiger charge is 2.16. The molecule has 0 saturated heterocycles. The molecule has 0 aromatic carbocycles. The van der Waals surface area contributed by atoms with Gasteiger partial charge in [0, 0.05) is 30.8 Å². The van der Waals surface area contributed by atoms with Crippen molar-refractivity contribution in [3.8, 4) is 0 Å². The van der Waals surface area contributed by atoms with Crippen LogP contribution in [-0.4, -0.2) is 20.6 Å². The summed E-state index contributed by atoms with van der Waals surface area (Å²) in [6, 6.07) is 6.98. The second-order valence-electron chi connectivity index (χ2n) is 3.59. The summed E-state index contributed by atoms with van der Waals surface area (Å²) in [5.74, 6) is 0. The van der Waals surface area contributed by atoms with Crippen molar-refractivity contribution in [1.29, 1.82) is 0 Å². The second-order valence-corrected chi connectivity index (χ2v) is 4.97. The number of aromatic nitrogens is 2. The van der Waals surface area contributed by atoms with Crippen LogP contribution in [0.15, 0.2) is 53.9 Å². The van der Waals surface area contributed by atoms with Crippen molar-refractivity contribution in [2.24, 2.45) is 0 Å². The van der Waals surface area contributed by atoms with Crippen molar-refractivity contribution >= 4 is 10.8 Å². The molecule has 0 aliphatic heterocycles. The lowest BCUT2D eigenvalue weighted by atomic mass is 10.2. The monoisotopic (exact) mass is 284 g/mol. The van der Waals surface area contributed by atoms with Gasteiger partial charge in [-0.15, -0.1) is 0 Å². The van der Waals surface area contributed by atoms with Gasteiger partial charge in [0.25, 0.3) is 6.23 Å². The fourth-order valence-corrected chi connectivity index (χ4v) is 1.99. The zero-order valence-corrected chi connectivity index (χ0v) is 11.3. The predicted molar refractivity (Wildman–Crippen MR) is 63.6 cm³/mol. The number of pyridine rings is 2. The maximum Gasteiger partial charge on any atom is 0.287 e. The Kier molecular flexibility index (Phi) is 5.40. The van der Waals surface area contributed by atoms with Gasteiger partial charge in [-0.1, -0.05) is 0 Å². The summed E-state index contributed by atoms with van der Waals surface area (Å²) in [6.45, 7) is 0. The van der Waals surface area contributed by atoms with Crippen molar-refractivity contribution in [2.75, 3.05) is 6.26 Å². The summed E-state index contributed by atoms with van der Waals surface area (Å²) in [4.78, 5) is 4.64. The average Bonchev–Trinajstić information content (AvgIpc) is 2.39. The van der Waals surface area contributed by atoms with Crippen LogP contribution in [0.25, 0.3) is 0 Å². The van der Waals surface area contributed by atoms with E-state index in [1.807, 2.05) is 0 Å². The molecule has 2 rings (SSSR count). The zero-order chi connectivity index (χ0) is 12.3. The molecule has 2 aromatic heterocycles. The summed E-state index contributed by atoms with van der Waals surface area (Å²) in [6.07, 6.45) is 7.56. The Bertz CT molecular complexity index is 519. The number of halogens is 1. The Morgan fingerprint density at radius 2 is 1.78 bits per heavy atom. The maximum atomic E-state index is 11.2. The number of nitrogens with zero attached hydrogens (tertiary/aromatic N) is 2. The molecule has 0 bridgehead atoms. The third-order valence-electron chi connectivity index (χ3n) is 2.44. The molecule has 18 heavy (non-hydrogen) atoms. The largest absolute Gasteiger partial charge is 1.00 e. The van der Waals surface area contributed by atoms with Gasteiger partial charge < -0.3 is 17.5 Å². The van der Waals surface area contributed by atoms with Crippen molar-refractivity contribution in [3.63, 3.8) is 0 Å². The summed E-state index contributed by atoms with van der Waals surface area (Å²) >= 11 is 0. The molecule has 2 unspecified atom stereocenters. The highest BCUT2D eigenvalue weighted by Crippen LogP contribution is 2.08. The predicted octanol–water partition coefficient (Wildman–Crippen LogP) is -2.35. The number of hydrogen-bond donors (Lipinski definition) is 1. The van der Waals surface area contributed by atoms with Crippen LogP contribution in [0.2, 0.25) is 0 Å². The lowest BCUT2D eigenvalue weighted by Crippen LogP contribution is -3.00. The second kappa shape index (κ2) is 6.58. The minimum atomic E-state index is -1.000. The normalized spacial score (nSPS) is 13.4. The molecule has 0 amide bonds. The molecule has 0 saturated carbocycles. The minimum absolute atomic E-state index is 0. The van der Waals surface area contributed by atoms with Gasteiger partial charge >= 0.3 is 0 Å². The molecule has 4 nitrogen and oxygen atoms in total. The van der Waals surface area contributed by atoms with Gasteiger partial charge in [-0.05, 0) is 12.1 Å². The first-order chi connectivity index (χ1) is 8.18. The standard InChI is InChI=1S/C12H13N2O2S.ClH/c1-17(16)11-4-8-14(9-5-11)12(15)10-2-6-13-7-3-10;/h2-9,12,15H,1H3;1H/q+1;/p-1. The van der Waals surface area contributed by atoms with Crippen LogP contribution >= 0.6 is 0 Å². The summed E-state index contributed by atoms with van der Waals surface area (Å²) in [7, 11) is -1.000. The van der Waals surface area contributed by atoms with E-state index >= 15 is 0 Å². The first-order valence-corrected chi connectivity index (χ1v) is 6.66. The van der Waals surface area contributed by atoms with Crippen LogP contribution in [0.4, 0.5) is 0 Å². The lowest BCUT2D eigenvalue weighted by molar-refractivity contribution is -0.749. The smallest absolute Gasteiger partial charge is 0.287 e. The van der Waals surface area contributed by atoms with Gasteiger partial charge in [-0.3, -0.25) is 9.19 Å². The van der Waals surface area contributed by atoms with E-state index in [-0.39, 0.29) is 12.4 Å². The summed E-state index contributed by atoms with van der Waals surface area (Å²) in [5, 5.41) is 10.1. The van der Waals surface area contributed by atoms with Gasteiger partial charge in [0.1, 0.15) is 0 Å². The minimum Gasteiger partial charge on any atom is -1.00 e. The average molecular weight is 285 g/mol.